The van der Waals surface area contributed by atoms with Crippen LogP contribution in [0, 0.1) is 5.82 Å². The Labute approximate surface area is 84.1 Å². The summed E-state index contributed by atoms with van der Waals surface area (Å²) >= 11 is 0. The molecule has 1 aromatic rings. The minimum absolute atomic E-state index is 0.0530. The Bertz CT molecular complexity index is 337. The molecule has 1 saturated carbocycles. The molecule has 2 atom stereocenters. The second-order valence-electron chi connectivity index (χ2n) is 4.29. The zero-order valence-electron chi connectivity index (χ0n) is 8.46. The van der Waals surface area contributed by atoms with Gasteiger partial charge in [-0.25, -0.2) is 4.39 Å². The lowest BCUT2D eigenvalue weighted by molar-refractivity contribution is 0.576. The molecule has 0 aromatic heterocycles. The van der Waals surface area contributed by atoms with Crippen LogP contribution in [0.1, 0.15) is 37.7 Å². The SMILES string of the molecule is CCCC1(N)CC1c1cccc(F)c1. The highest BCUT2D eigenvalue weighted by atomic mass is 19.1. The molecule has 0 bridgehead atoms. The molecule has 1 aliphatic rings. The first-order chi connectivity index (χ1) is 6.65. The Kier molecular flexibility index (Phi) is 2.31. The van der Waals surface area contributed by atoms with E-state index in [1.807, 2.05) is 6.07 Å². The van der Waals surface area contributed by atoms with Crippen LogP contribution in [-0.2, 0) is 0 Å². The van der Waals surface area contributed by atoms with E-state index < -0.39 is 0 Å². The molecule has 2 unspecified atom stereocenters. The fraction of sp³-hybridized carbons (Fsp3) is 0.500. The maximum absolute atomic E-state index is 13.0. The van der Waals surface area contributed by atoms with E-state index in [1.54, 1.807) is 12.1 Å². The Morgan fingerprint density at radius 1 is 1.57 bits per heavy atom. The molecule has 0 saturated heterocycles. The number of benzene rings is 1. The molecular formula is C12H16FN. The quantitative estimate of drug-likeness (QED) is 0.784. The van der Waals surface area contributed by atoms with Crippen molar-refractivity contribution in [3.8, 4) is 0 Å². The Hall–Kier alpha value is -0.890. The van der Waals surface area contributed by atoms with Crippen molar-refractivity contribution in [3.05, 3.63) is 35.6 Å². The molecule has 1 nitrogen and oxygen atoms in total. The summed E-state index contributed by atoms with van der Waals surface area (Å²) < 4.78 is 13.0. The van der Waals surface area contributed by atoms with E-state index in [1.165, 1.54) is 6.07 Å². The van der Waals surface area contributed by atoms with Gasteiger partial charge in [-0.2, -0.15) is 0 Å². The number of nitrogens with two attached hydrogens (primary N) is 1. The monoisotopic (exact) mass is 193 g/mol. The summed E-state index contributed by atoms with van der Waals surface area (Å²) in [5.41, 5.74) is 7.16. The summed E-state index contributed by atoms with van der Waals surface area (Å²) in [6, 6.07) is 6.81. The molecule has 1 aromatic carbocycles. The number of halogens is 1. The van der Waals surface area contributed by atoms with Crippen LogP contribution < -0.4 is 5.73 Å². The largest absolute Gasteiger partial charge is 0.325 e. The van der Waals surface area contributed by atoms with Crippen molar-refractivity contribution in [2.75, 3.05) is 0 Å². The molecule has 2 N–H and O–H groups in total. The molecule has 0 heterocycles. The molecule has 76 valence electrons. The minimum atomic E-state index is -0.159. The van der Waals surface area contributed by atoms with Gasteiger partial charge in [0.1, 0.15) is 5.82 Å². The van der Waals surface area contributed by atoms with Crippen LogP contribution >= 0.6 is 0 Å². The number of rotatable bonds is 3. The number of hydrogen-bond donors (Lipinski definition) is 1. The first-order valence-electron chi connectivity index (χ1n) is 5.20. The van der Waals surface area contributed by atoms with Crippen molar-refractivity contribution < 1.29 is 4.39 Å². The molecule has 1 aliphatic carbocycles. The van der Waals surface area contributed by atoms with E-state index in [0.717, 1.165) is 24.8 Å². The predicted molar refractivity (Wildman–Crippen MR) is 55.6 cm³/mol. The molecule has 2 heteroatoms. The fourth-order valence-electron chi connectivity index (χ4n) is 2.24. The highest BCUT2D eigenvalue weighted by molar-refractivity contribution is 5.33. The van der Waals surface area contributed by atoms with Gasteiger partial charge < -0.3 is 5.73 Å². The van der Waals surface area contributed by atoms with Gasteiger partial charge in [-0.1, -0.05) is 25.5 Å². The van der Waals surface area contributed by atoms with Crippen molar-refractivity contribution in [1.29, 1.82) is 0 Å². The summed E-state index contributed by atoms with van der Waals surface area (Å²) in [4.78, 5) is 0. The third kappa shape index (κ3) is 1.67. The average molecular weight is 193 g/mol. The van der Waals surface area contributed by atoms with Crippen LogP contribution in [0.25, 0.3) is 0 Å². The highest BCUT2D eigenvalue weighted by Gasteiger charge is 2.50. The standard InChI is InChI=1S/C12H16FN/c1-2-6-12(14)8-11(12)9-4-3-5-10(13)7-9/h3-5,7,11H,2,6,8,14H2,1H3. The lowest BCUT2D eigenvalue weighted by Gasteiger charge is -2.09. The second kappa shape index (κ2) is 3.35. The summed E-state index contributed by atoms with van der Waals surface area (Å²) in [7, 11) is 0. The van der Waals surface area contributed by atoms with E-state index in [-0.39, 0.29) is 11.4 Å². The van der Waals surface area contributed by atoms with E-state index in [0.29, 0.717) is 5.92 Å². The van der Waals surface area contributed by atoms with Crippen molar-refractivity contribution in [1.82, 2.24) is 0 Å². The summed E-state index contributed by atoms with van der Waals surface area (Å²) in [5, 5.41) is 0. The van der Waals surface area contributed by atoms with Crippen LogP contribution in [0.4, 0.5) is 4.39 Å². The van der Waals surface area contributed by atoms with Crippen molar-refractivity contribution in [3.63, 3.8) is 0 Å². The molecule has 2 rings (SSSR count). The molecule has 1 fully saturated rings. The summed E-state index contributed by atoms with van der Waals surface area (Å²) in [6.07, 6.45) is 3.14. The molecule has 0 aliphatic heterocycles. The molecular weight excluding hydrogens is 177 g/mol. The number of hydrogen-bond acceptors (Lipinski definition) is 1. The fourth-order valence-corrected chi connectivity index (χ4v) is 2.24. The molecule has 0 spiro atoms. The van der Waals surface area contributed by atoms with Crippen LogP contribution in [-0.4, -0.2) is 5.54 Å². The Balaban J connectivity index is 2.12. The van der Waals surface area contributed by atoms with E-state index >= 15 is 0 Å². The normalized spacial score (nSPS) is 30.4. The van der Waals surface area contributed by atoms with E-state index in [4.69, 9.17) is 5.73 Å². The highest BCUT2D eigenvalue weighted by Crippen LogP contribution is 2.52. The lowest BCUT2D eigenvalue weighted by Crippen LogP contribution is -2.23. The zero-order chi connectivity index (χ0) is 10.2. The first-order valence-corrected chi connectivity index (χ1v) is 5.20. The van der Waals surface area contributed by atoms with Gasteiger partial charge in [-0.3, -0.25) is 0 Å². The first kappa shape index (κ1) is 9.66. The van der Waals surface area contributed by atoms with Crippen molar-refractivity contribution in [2.24, 2.45) is 5.73 Å². The predicted octanol–water partition coefficient (Wildman–Crippen LogP) is 2.81. The second-order valence-corrected chi connectivity index (χ2v) is 4.29. The van der Waals surface area contributed by atoms with Gasteiger partial charge in [-0.05, 0) is 30.5 Å². The molecule has 14 heavy (non-hydrogen) atoms. The zero-order valence-corrected chi connectivity index (χ0v) is 8.46. The molecule has 0 radical (unpaired) electrons. The van der Waals surface area contributed by atoms with Crippen LogP contribution in [0.3, 0.4) is 0 Å². The van der Waals surface area contributed by atoms with Gasteiger partial charge in [0, 0.05) is 11.5 Å². The van der Waals surface area contributed by atoms with Crippen molar-refractivity contribution in [2.45, 2.75) is 37.6 Å². The van der Waals surface area contributed by atoms with Crippen LogP contribution in [0.15, 0.2) is 24.3 Å². The maximum atomic E-state index is 13.0. The lowest BCUT2D eigenvalue weighted by atomic mass is 10.0. The summed E-state index contributed by atoms with van der Waals surface area (Å²) in [5.74, 6) is 0.214. The van der Waals surface area contributed by atoms with Gasteiger partial charge in [0.15, 0.2) is 0 Å². The minimum Gasteiger partial charge on any atom is -0.325 e. The molecule has 0 amide bonds. The topological polar surface area (TPSA) is 26.0 Å². The maximum Gasteiger partial charge on any atom is 0.123 e. The average Bonchev–Trinajstić information content (AvgIpc) is 2.78. The van der Waals surface area contributed by atoms with E-state index in [2.05, 4.69) is 6.92 Å². The third-order valence-corrected chi connectivity index (χ3v) is 3.08. The Morgan fingerprint density at radius 3 is 3.00 bits per heavy atom. The van der Waals surface area contributed by atoms with Gasteiger partial charge in [0.05, 0.1) is 0 Å². The van der Waals surface area contributed by atoms with Gasteiger partial charge >= 0.3 is 0 Å². The third-order valence-electron chi connectivity index (χ3n) is 3.08. The van der Waals surface area contributed by atoms with Crippen LogP contribution in [0.5, 0.6) is 0 Å². The van der Waals surface area contributed by atoms with Gasteiger partial charge in [0.25, 0.3) is 0 Å². The smallest absolute Gasteiger partial charge is 0.123 e. The van der Waals surface area contributed by atoms with Crippen molar-refractivity contribution >= 4 is 0 Å². The van der Waals surface area contributed by atoms with Gasteiger partial charge in [-0.15, -0.1) is 0 Å². The Morgan fingerprint density at radius 2 is 2.36 bits per heavy atom. The van der Waals surface area contributed by atoms with E-state index in [9.17, 15) is 4.39 Å². The van der Waals surface area contributed by atoms with Crippen LogP contribution in [0.2, 0.25) is 0 Å². The summed E-state index contributed by atoms with van der Waals surface area (Å²) in [6.45, 7) is 2.13. The van der Waals surface area contributed by atoms with Gasteiger partial charge in [0.2, 0.25) is 0 Å².